The number of nitrogens with zero attached hydrogens (tertiary/aromatic N) is 5. The van der Waals surface area contributed by atoms with Crippen LogP contribution in [0, 0.1) is 25.7 Å². The number of amidine groups is 3. The Morgan fingerprint density at radius 2 is 1.67 bits per heavy atom. The average Bonchev–Trinajstić information content (AvgIpc) is 3.36. The normalized spacial score (nSPS) is 21.5. The van der Waals surface area contributed by atoms with Crippen LogP contribution >= 0.6 is 56.5 Å². The van der Waals surface area contributed by atoms with Crippen molar-refractivity contribution in [2.24, 2.45) is 5.92 Å². The third-order valence-electron chi connectivity index (χ3n) is 11.1. The molecule has 0 aliphatic carbocycles. The van der Waals surface area contributed by atoms with Gasteiger partial charge in [-0.2, -0.15) is 8.78 Å². The molecule has 15 heteroatoms. The third kappa shape index (κ3) is 9.86. The number of piperidine rings is 2. The Labute approximate surface area is 343 Å². The van der Waals surface area contributed by atoms with Crippen LogP contribution in [0.3, 0.4) is 0 Å². The van der Waals surface area contributed by atoms with Crippen molar-refractivity contribution in [3.63, 3.8) is 0 Å². The number of nitrogens with one attached hydrogen (secondary N) is 4. The Hall–Kier alpha value is -0.900. The molecule has 9 nitrogen and oxygen atoms in total. The number of likely N-dealkylation sites (tertiary alicyclic amines) is 2. The van der Waals surface area contributed by atoms with Gasteiger partial charge in [0.05, 0.1) is 11.3 Å². The zero-order valence-corrected chi connectivity index (χ0v) is 36.9. The number of benzene rings is 1. The van der Waals surface area contributed by atoms with Crippen LogP contribution in [0.1, 0.15) is 60.8 Å². The predicted octanol–water partition coefficient (Wildman–Crippen LogP) is 3.99. The molecule has 0 bridgehead atoms. The summed E-state index contributed by atoms with van der Waals surface area (Å²) in [6.07, 6.45) is 5.89. The van der Waals surface area contributed by atoms with Crippen molar-refractivity contribution in [1.29, 1.82) is 16.2 Å². The van der Waals surface area contributed by atoms with Gasteiger partial charge in [-0.25, -0.2) is 0 Å². The summed E-state index contributed by atoms with van der Waals surface area (Å²) in [4.78, 5) is 11.8. The summed E-state index contributed by atoms with van der Waals surface area (Å²) in [5.74, 6) is 0.782. The molecule has 0 radical (unpaired) electrons. The zero-order chi connectivity index (χ0) is 36.3. The van der Waals surface area contributed by atoms with E-state index in [9.17, 15) is 19.6 Å². The summed E-state index contributed by atoms with van der Waals surface area (Å²) >= 11 is 4.78. The maximum atomic E-state index is 14.8. The van der Waals surface area contributed by atoms with E-state index in [1.54, 1.807) is 24.5 Å². The van der Waals surface area contributed by atoms with Gasteiger partial charge in [-0.3, -0.25) is 4.90 Å². The minimum Gasteiger partial charge on any atom is -0.305 e. The van der Waals surface area contributed by atoms with E-state index in [1.807, 2.05) is 6.07 Å². The Morgan fingerprint density at radius 3 is 2.37 bits per heavy atom. The summed E-state index contributed by atoms with van der Waals surface area (Å²) in [6, 6.07) is 4.42. The Morgan fingerprint density at radius 1 is 0.980 bits per heavy atom. The summed E-state index contributed by atoms with van der Waals surface area (Å²) < 4.78 is 29.3. The van der Waals surface area contributed by atoms with Crippen LogP contribution in [0.4, 0.5) is 14.5 Å². The molecule has 4 aliphatic heterocycles. The second-order valence-electron chi connectivity index (χ2n) is 14.4. The van der Waals surface area contributed by atoms with Crippen molar-refractivity contribution in [2.75, 3.05) is 71.8 Å². The van der Waals surface area contributed by atoms with Gasteiger partial charge >= 0.3 is 197 Å². The van der Waals surface area contributed by atoms with E-state index < -0.39 is 3.93 Å². The molecular formula is C36H51F2I3N9S-. The number of halogens is 5. The Kier molecular flexibility index (Phi) is 13.8. The molecule has 282 valence electrons. The van der Waals surface area contributed by atoms with Crippen molar-refractivity contribution in [2.45, 2.75) is 71.9 Å². The first-order valence-electron chi connectivity index (χ1n) is 18.0. The number of hydrogen-bond donors (Lipinski definition) is 4. The molecule has 3 saturated heterocycles. The first kappa shape index (κ1) is 39.8. The van der Waals surface area contributed by atoms with E-state index in [2.05, 4.69) is 70.2 Å². The summed E-state index contributed by atoms with van der Waals surface area (Å²) in [6.45, 7) is 8.44. The number of likely N-dealkylation sites (N-methyl/N-ethyl adjacent to an activating group) is 1. The van der Waals surface area contributed by atoms with Gasteiger partial charge in [0.25, 0.3) is 0 Å². The Balaban J connectivity index is 1.14. The molecule has 1 aromatic heterocycles. The van der Waals surface area contributed by atoms with Gasteiger partial charge in [0, 0.05) is 52.3 Å². The van der Waals surface area contributed by atoms with Crippen LogP contribution in [-0.2, 0) is 21.3 Å². The fourth-order valence-corrected chi connectivity index (χ4v) is 13.2. The SMILES string of the molecule is CNc1c(I)cc(C[C@@H](CC(=N)N2CCC(N3Cc4cscc4C[I-]C3=N)CC2)C(=N)N2CCC(N3CCCN(C)CC3)CC2)cc1C(F)(F)I. The number of anilines is 1. The first-order chi connectivity index (χ1) is 24.4. The van der Waals surface area contributed by atoms with E-state index in [0.717, 1.165) is 102 Å². The fraction of sp³-hybridized carbons (Fsp3) is 0.639. The number of alkyl halides is 4. The second kappa shape index (κ2) is 17.7. The summed E-state index contributed by atoms with van der Waals surface area (Å²) in [7, 11) is 3.88. The van der Waals surface area contributed by atoms with Crippen LogP contribution < -0.4 is 26.5 Å². The van der Waals surface area contributed by atoms with E-state index in [1.165, 1.54) is 40.1 Å². The van der Waals surface area contributed by atoms with Gasteiger partial charge < -0.3 is 10.2 Å². The van der Waals surface area contributed by atoms with Crippen molar-refractivity contribution in [3.05, 3.63) is 48.7 Å². The van der Waals surface area contributed by atoms with Crippen molar-refractivity contribution >= 4 is 77.7 Å². The molecule has 51 heavy (non-hydrogen) atoms. The van der Waals surface area contributed by atoms with Crippen molar-refractivity contribution in [3.8, 4) is 0 Å². The molecule has 0 spiro atoms. The van der Waals surface area contributed by atoms with Gasteiger partial charge in [0.2, 0.25) is 0 Å². The topological polar surface area (TPSA) is 99.8 Å². The van der Waals surface area contributed by atoms with Crippen molar-refractivity contribution < 1.29 is 30.0 Å². The molecule has 4 aliphatic rings. The number of rotatable bonds is 9. The molecule has 5 heterocycles. The molecule has 1 atom stereocenters. The van der Waals surface area contributed by atoms with Crippen LogP contribution in [0.15, 0.2) is 22.9 Å². The quantitative estimate of drug-likeness (QED) is 0.0999. The van der Waals surface area contributed by atoms with E-state index in [-0.39, 0.29) is 32.7 Å². The summed E-state index contributed by atoms with van der Waals surface area (Å²) in [5, 5.41) is 35.2. The molecule has 4 N–H and O–H groups in total. The van der Waals surface area contributed by atoms with Gasteiger partial charge in [0.1, 0.15) is 0 Å². The van der Waals surface area contributed by atoms with E-state index in [4.69, 9.17) is 5.41 Å². The smallest absolute Gasteiger partial charge is 0.305 e. The van der Waals surface area contributed by atoms with E-state index >= 15 is 0 Å². The fourth-order valence-electron chi connectivity index (χ4n) is 8.14. The molecular weight excluding hydrogens is 1010 g/mol. The van der Waals surface area contributed by atoms with Gasteiger partial charge in [-0.15, -0.1) is 0 Å². The molecule has 0 amide bonds. The first-order valence-corrected chi connectivity index (χ1v) is 23.8. The van der Waals surface area contributed by atoms with Crippen LogP contribution in [0.5, 0.6) is 0 Å². The van der Waals surface area contributed by atoms with Gasteiger partial charge in [-0.1, -0.05) is 0 Å². The molecule has 0 saturated carbocycles. The second-order valence-corrected chi connectivity index (χ2v) is 20.2. The molecule has 3 fully saturated rings. The minimum absolute atomic E-state index is 0.0325. The summed E-state index contributed by atoms with van der Waals surface area (Å²) in [5.41, 5.74) is 4.00. The van der Waals surface area contributed by atoms with Crippen LogP contribution in [0.2, 0.25) is 0 Å². The van der Waals surface area contributed by atoms with Gasteiger partial charge in [-0.05, 0) is 62.0 Å². The van der Waals surface area contributed by atoms with Crippen molar-refractivity contribution in [1.82, 2.24) is 24.5 Å². The predicted molar refractivity (Wildman–Crippen MR) is 218 cm³/mol. The molecule has 0 unspecified atom stereocenters. The molecule has 2 aromatic rings. The van der Waals surface area contributed by atoms with Crippen LogP contribution in [-0.4, -0.2) is 119 Å². The zero-order valence-electron chi connectivity index (χ0n) is 29.6. The minimum atomic E-state index is -3.03. The monoisotopic (exact) mass is 1060 g/mol. The van der Waals surface area contributed by atoms with Crippen LogP contribution in [0.25, 0.3) is 0 Å². The average molecular weight is 1060 g/mol. The number of thiophene rings is 1. The molecule has 1 aromatic carbocycles. The number of fused-ring (bicyclic) bond motifs is 1. The maximum absolute atomic E-state index is 14.8. The Bertz CT molecular complexity index is 1550. The van der Waals surface area contributed by atoms with Gasteiger partial charge in [0.15, 0.2) is 0 Å². The molecule has 6 rings (SSSR count). The standard InChI is InChI=1S/C36H51F2I3N9S/c1-45-33-30(36(37,38)40)17-24(18-31(33)39)16-25(34(43)49-12-4-28(5-13-49)47-9-3-8-46(2)14-15-47)19-32(42)48-10-6-29(7-11-48)50-21-27-23-51-22-26(27)20-41-35(50)44/h17-18,22-23,25,28-29,42-45H,3-16,19-21H2,1-2H3/q-1/t25-/m0/s1. The number of hydrogen-bond acceptors (Lipinski definition) is 7. The third-order valence-corrected chi connectivity index (χ3v) is 16.0. The van der Waals surface area contributed by atoms with E-state index in [0.29, 0.717) is 42.3 Å².